The number of hydrogen-bond donors (Lipinski definition) is 1. The summed E-state index contributed by atoms with van der Waals surface area (Å²) in [6.07, 6.45) is 2.72. The topological polar surface area (TPSA) is 63.8 Å². The summed E-state index contributed by atoms with van der Waals surface area (Å²) in [5, 5.41) is 13.0. The van der Waals surface area contributed by atoms with Gasteiger partial charge in [-0.15, -0.1) is 10.2 Å². The van der Waals surface area contributed by atoms with Gasteiger partial charge in [0, 0.05) is 35.3 Å². The molecule has 2 aromatic heterocycles. The number of fused-ring (bicyclic) bond motifs is 1. The summed E-state index contributed by atoms with van der Waals surface area (Å²) in [7, 11) is 0. The first-order chi connectivity index (χ1) is 13.3. The zero-order valence-corrected chi connectivity index (χ0v) is 15.4. The molecule has 0 unspecified atom stereocenters. The van der Waals surface area contributed by atoms with Crippen LogP contribution in [0.3, 0.4) is 0 Å². The fraction of sp³-hybridized carbons (Fsp3) is 0.227. The minimum absolute atomic E-state index is 0.560. The molecule has 27 heavy (non-hydrogen) atoms. The predicted molar refractivity (Wildman–Crippen MR) is 108 cm³/mol. The minimum atomic E-state index is 0.560. The van der Waals surface area contributed by atoms with Crippen molar-refractivity contribution in [2.45, 2.75) is 26.2 Å². The number of nitrogens with zero attached hydrogens (tertiary/aromatic N) is 3. The molecule has 0 spiro atoms. The van der Waals surface area contributed by atoms with Gasteiger partial charge in [-0.25, -0.2) is 0 Å². The van der Waals surface area contributed by atoms with Crippen molar-refractivity contribution in [3.8, 4) is 11.5 Å². The molecule has 0 aliphatic heterocycles. The number of aromatic nitrogens is 3. The van der Waals surface area contributed by atoms with Gasteiger partial charge in [0.25, 0.3) is 0 Å². The lowest BCUT2D eigenvalue weighted by atomic mass is 10.1. The summed E-state index contributed by atoms with van der Waals surface area (Å²) >= 11 is 0. The molecule has 0 bridgehead atoms. The highest BCUT2D eigenvalue weighted by Gasteiger charge is 2.09. The van der Waals surface area contributed by atoms with Crippen molar-refractivity contribution in [2.24, 2.45) is 0 Å². The molecular formula is C22H22N4O. The van der Waals surface area contributed by atoms with E-state index in [4.69, 9.17) is 9.40 Å². The van der Waals surface area contributed by atoms with E-state index in [2.05, 4.69) is 40.6 Å². The van der Waals surface area contributed by atoms with Crippen molar-refractivity contribution < 1.29 is 4.42 Å². The average molecular weight is 358 g/mol. The Bertz CT molecular complexity index is 1030. The lowest BCUT2D eigenvalue weighted by Crippen LogP contribution is -2.07. The Balaban J connectivity index is 1.47. The smallest absolute Gasteiger partial charge is 0.247 e. The second kappa shape index (κ2) is 7.99. The summed E-state index contributed by atoms with van der Waals surface area (Å²) in [5.41, 5.74) is 4.18. The number of nitrogens with one attached hydrogen (secondary N) is 1. The lowest BCUT2D eigenvalue weighted by molar-refractivity contribution is 0.509. The molecule has 1 N–H and O–H groups in total. The maximum atomic E-state index is 5.78. The molecule has 0 fully saturated rings. The SMILES string of the molecule is CCCc1cc(NCCc2nnc(-c3ccccc3)o2)c2ccccc2n1. The van der Waals surface area contributed by atoms with Crippen LogP contribution in [0.25, 0.3) is 22.4 Å². The molecule has 0 radical (unpaired) electrons. The number of pyridine rings is 1. The Kier molecular flexibility index (Phi) is 5.10. The number of para-hydroxylation sites is 1. The molecule has 0 atom stereocenters. The Morgan fingerprint density at radius 1 is 0.926 bits per heavy atom. The summed E-state index contributed by atoms with van der Waals surface area (Å²) in [4.78, 5) is 4.75. The Labute approximate surface area is 158 Å². The molecule has 4 aromatic rings. The second-order valence-electron chi connectivity index (χ2n) is 6.47. The summed E-state index contributed by atoms with van der Waals surface area (Å²) in [5.74, 6) is 1.19. The number of hydrogen-bond acceptors (Lipinski definition) is 5. The van der Waals surface area contributed by atoms with Crippen LogP contribution in [0.15, 0.2) is 65.1 Å². The van der Waals surface area contributed by atoms with Crippen LogP contribution < -0.4 is 5.32 Å². The summed E-state index contributed by atoms with van der Waals surface area (Å²) < 4.78 is 5.78. The van der Waals surface area contributed by atoms with Crippen molar-refractivity contribution in [1.82, 2.24) is 15.2 Å². The predicted octanol–water partition coefficient (Wildman–Crippen LogP) is 4.89. The van der Waals surface area contributed by atoms with Gasteiger partial charge in [-0.05, 0) is 30.7 Å². The fourth-order valence-corrected chi connectivity index (χ4v) is 3.12. The molecule has 0 aliphatic carbocycles. The Morgan fingerprint density at radius 3 is 2.59 bits per heavy atom. The fourth-order valence-electron chi connectivity index (χ4n) is 3.12. The first-order valence-corrected chi connectivity index (χ1v) is 9.34. The van der Waals surface area contributed by atoms with Gasteiger partial charge in [-0.3, -0.25) is 4.98 Å². The van der Waals surface area contributed by atoms with E-state index in [1.807, 2.05) is 42.5 Å². The van der Waals surface area contributed by atoms with E-state index in [-0.39, 0.29) is 0 Å². The lowest BCUT2D eigenvalue weighted by Gasteiger charge is -2.11. The Hall–Kier alpha value is -3.21. The summed E-state index contributed by atoms with van der Waals surface area (Å²) in [6.45, 7) is 2.89. The van der Waals surface area contributed by atoms with Gasteiger partial charge >= 0.3 is 0 Å². The number of rotatable bonds is 7. The van der Waals surface area contributed by atoms with Crippen LogP contribution >= 0.6 is 0 Å². The first-order valence-electron chi connectivity index (χ1n) is 9.34. The zero-order chi connectivity index (χ0) is 18.5. The van der Waals surface area contributed by atoms with Crippen LogP contribution in [-0.2, 0) is 12.8 Å². The molecule has 0 saturated heterocycles. The van der Waals surface area contributed by atoms with Gasteiger partial charge in [0.15, 0.2) is 0 Å². The molecule has 0 saturated carbocycles. The third-order valence-corrected chi connectivity index (χ3v) is 4.42. The van der Waals surface area contributed by atoms with E-state index in [1.165, 1.54) is 0 Å². The van der Waals surface area contributed by atoms with Gasteiger partial charge in [-0.2, -0.15) is 0 Å². The highest BCUT2D eigenvalue weighted by atomic mass is 16.4. The van der Waals surface area contributed by atoms with E-state index in [9.17, 15) is 0 Å². The van der Waals surface area contributed by atoms with Crippen LogP contribution in [0.5, 0.6) is 0 Å². The van der Waals surface area contributed by atoms with E-state index in [0.29, 0.717) is 18.2 Å². The van der Waals surface area contributed by atoms with Gasteiger partial charge in [0.2, 0.25) is 11.8 Å². The normalized spacial score (nSPS) is 11.0. The molecule has 4 rings (SSSR count). The van der Waals surface area contributed by atoms with E-state index >= 15 is 0 Å². The third kappa shape index (κ3) is 3.97. The van der Waals surface area contributed by atoms with Crippen LogP contribution in [0.1, 0.15) is 24.9 Å². The minimum Gasteiger partial charge on any atom is -0.421 e. The van der Waals surface area contributed by atoms with Crippen molar-refractivity contribution in [3.63, 3.8) is 0 Å². The van der Waals surface area contributed by atoms with Crippen molar-refractivity contribution in [3.05, 3.63) is 72.2 Å². The van der Waals surface area contributed by atoms with Crippen molar-refractivity contribution in [1.29, 1.82) is 0 Å². The molecular weight excluding hydrogens is 336 g/mol. The third-order valence-electron chi connectivity index (χ3n) is 4.42. The number of anilines is 1. The van der Waals surface area contributed by atoms with Gasteiger partial charge < -0.3 is 9.73 Å². The van der Waals surface area contributed by atoms with Crippen LogP contribution in [0, 0.1) is 0 Å². The largest absolute Gasteiger partial charge is 0.421 e. The zero-order valence-electron chi connectivity index (χ0n) is 15.4. The van der Waals surface area contributed by atoms with Gasteiger partial charge in [0.05, 0.1) is 5.52 Å². The van der Waals surface area contributed by atoms with Crippen LogP contribution in [0.2, 0.25) is 0 Å². The van der Waals surface area contributed by atoms with Crippen molar-refractivity contribution in [2.75, 3.05) is 11.9 Å². The molecule has 2 aromatic carbocycles. The Morgan fingerprint density at radius 2 is 1.74 bits per heavy atom. The van der Waals surface area contributed by atoms with Crippen molar-refractivity contribution >= 4 is 16.6 Å². The molecule has 2 heterocycles. The van der Waals surface area contributed by atoms with E-state index < -0.39 is 0 Å². The number of aryl methyl sites for hydroxylation is 1. The average Bonchev–Trinajstić information content (AvgIpc) is 3.18. The number of benzene rings is 2. The quantitative estimate of drug-likeness (QED) is 0.509. The molecule has 5 nitrogen and oxygen atoms in total. The molecule has 5 heteroatoms. The highest BCUT2D eigenvalue weighted by molar-refractivity contribution is 5.91. The van der Waals surface area contributed by atoms with E-state index in [0.717, 1.165) is 47.2 Å². The van der Waals surface area contributed by atoms with Gasteiger partial charge in [0.1, 0.15) is 0 Å². The highest BCUT2D eigenvalue weighted by Crippen LogP contribution is 2.24. The maximum Gasteiger partial charge on any atom is 0.247 e. The standard InChI is InChI=1S/C22H22N4O/c1-2-8-17-15-20(18-11-6-7-12-19(18)24-17)23-14-13-21-25-26-22(27-21)16-9-4-3-5-10-16/h3-7,9-12,15H,2,8,13-14H2,1H3,(H,23,24). The molecule has 0 amide bonds. The van der Waals surface area contributed by atoms with Crippen LogP contribution in [-0.4, -0.2) is 21.7 Å². The summed E-state index contributed by atoms with van der Waals surface area (Å²) in [6, 6.07) is 20.2. The molecule has 0 aliphatic rings. The second-order valence-corrected chi connectivity index (χ2v) is 6.47. The maximum absolute atomic E-state index is 5.78. The van der Waals surface area contributed by atoms with Gasteiger partial charge in [-0.1, -0.05) is 49.7 Å². The monoisotopic (exact) mass is 358 g/mol. The van der Waals surface area contributed by atoms with Crippen LogP contribution in [0.4, 0.5) is 5.69 Å². The van der Waals surface area contributed by atoms with E-state index in [1.54, 1.807) is 0 Å². The molecule has 136 valence electrons. The first kappa shape index (κ1) is 17.2.